The Kier molecular flexibility index (Phi) is 7.92. The number of carbonyl (C=O) groups is 1. The molecule has 3 aromatic carbocycles. The molecule has 1 N–H and O–H groups in total. The molecule has 0 aliphatic rings. The largest absolute Gasteiger partial charge is 0.488 e. The summed E-state index contributed by atoms with van der Waals surface area (Å²) in [5.74, 6) is -0.0511. The lowest BCUT2D eigenvalue weighted by Gasteiger charge is -2.10. The van der Waals surface area contributed by atoms with Crippen LogP contribution in [0, 0.1) is 22.7 Å². The molecule has 0 bridgehead atoms. The normalized spacial score (nSPS) is 10.7. The molecule has 1 amide bonds. The van der Waals surface area contributed by atoms with Gasteiger partial charge in [0.15, 0.2) is 0 Å². The van der Waals surface area contributed by atoms with Crippen molar-refractivity contribution in [3.8, 4) is 17.9 Å². The Morgan fingerprint density at radius 3 is 2.59 bits per heavy atom. The number of anilines is 1. The van der Waals surface area contributed by atoms with Gasteiger partial charge in [-0.05, 0) is 57.9 Å². The molecular formula is C24H14BrCl2N3O2. The van der Waals surface area contributed by atoms with Gasteiger partial charge in [-0.15, -0.1) is 0 Å². The van der Waals surface area contributed by atoms with Crippen LogP contribution in [0.2, 0.25) is 10.0 Å². The highest BCUT2D eigenvalue weighted by Crippen LogP contribution is 2.30. The van der Waals surface area contributed by atoms with E-state index in [1.54, 1.807) is 48.5 Å². The highest BCUT2D eigenvalue weighted by molar-refractivity contribution is 9.10. The zero-order valence-corrected chi connectivity index (χ0v) is 19.5. The average Bonchev–Trinajstić information content (AvgIpc) is 2.80. The van der Waals surface area contributed by atoms with Crippen molar-refractivity contribution in [3.05, 3.63) is 97.4 Å². The summed E-state index contributed by atoms with van der Waals surface area (Å²) < 4.78 is 6.45. The molecule has 5 nitrogen and oxygen atoms in total. The van der Waals surface area contributed by atoms with Gasteiger partial charge in [-0.1, -0.05) is 53.5 Å². The van der Waals surface area contributed by atoms with E-state index >= 15 is 0 Å². The van der Waals surface area contributed by atoms with Crippen LogP contribution in [0.3, 0.4) is 0 Å². The Balaban J connectivity index is 1.75. The number of amides is 1. The van der Waals surface area contributed by atoms with Gasteiger partial charge in [0.2, 0.25) is 0 Å². The molecule has 0 saturated heterocycles. The van der Waals surface area contributed by atoms with Crippen LogP contribution in [0.15, 0.2) is 70.7 Å². The minimum absolute atomic E-state index is 0.107. The zero-order valence-electron chi connectivity index (χ0n) is 16.4. The Labute approximate surface area is 203 Å². The van der Waals surface area contributed by atoms with Crippen LogP contribution in [0.4, 0.5) is 5.69 Å². The first-order chi connectivity index (χ1) is 15.4. The van der Waals surface area contributed by atoms with E-state index in [1.807, 2.05) is 18.2 Å². The minimum Gasteiger partial charge on any atom is -0.488 e. The smallest absolute Gasteiger partial charge is 0.266 e. The summed E-state index contributed by atoms with van der Waals surface area (Å²) in [5.41, 5.74) is 2.14. The molecule has 8 heteroatoms. The van der Waals surface area contributed by atoms with E-state index in [1.165, 1.54) is 6.08 Å². The van der Waals surface area contributed by atoms with Gasteiger partial charge in [-0.2, -0.15) is 10.5 Å². The second kappa shape index (κ2) is 10.8. The highest BCUT2D eigenvalue weighted by Gasteiger charge is 2.13. The molecule has 3 aromatic rings. The number of ether oxygens (including phenoxy) is 1. The first-order valence-electron chi connectivity index (χ1n) is 9.20. The fraction of sp³-hybridized carbons (Fsp3) is 0.0417. The standard InChI is InChI=1S/C24H14BrCl2N3O2/c25-19-11-15(8-9-22(19)32-14-17-5-2-1-4-16(17)12-28)10-18(13-29)24(31)30-21-7-3-6-20(26)23(21)27/h1-11H,14H2,(H,30,31). The topological polar surface area (TPSA) is 85.9 Å². The average molecular weight is 527 g/mol. The van der Waals surface area contributed by atoms with Crippen molar-refractivity contribution < 1.29 is 9.53 Å². The Bertz CT molecular complexity index is 1290. The molecule has 0 spiro atoms. The third kappa shape index (κ3) is 5.69. The van der Waals surface area contributed by atoms with E-state index in [-0.39, 0.29) is 17.2 Å². The van der Waals surface area contributed by atoms with Gasteiger partial charge in [-0.25, -0.2) is 0 Å². The summed E-state index contributed by atoms with van der Waals surface area (Å²) in [4.78, 5) is 12.5. The Morgan fingerprint density at radius 1 is 1.09 bits per heavy atom. The van der Waals surface area contributed by atoms with Crippen LogP contribution in [0.5, 0.6) is 5.75 Å². The van der Waals surface area contributed by atoms with Gasteiger partial charge in [0.1, 0.15) is 24.0 Å². The van der Waals surface area contributed by atoms with Crippen LogP contribution in [0.1, 0.15) is 16.7 Å². The fourth-order valence-electron chi connectivity index (χ4n) is 2.74. The number of nitrogens with one attached hydrogen (secondary N) is 1. The number of halogens is 3. The van der Waals surface area contributed by atoms with Crippen LogP contribution >= 0.6 is 39.1 Å². The third-order valence-electron chi connectivity index (χ3n) is 4.35. The predicted octanol–water partition coefficient (Wildman–Crippen LogP) is 6.75. The molecule has 0 atom stereocenters. The van der Waals surface area contributed by atoms with Crippen molar-refractivity contribution >= 4 is 56.8 Å². The molecule has 32 heavy (non-hydrogen) atoms. The van der Waals surface area contributed by atoms with Gasteiger partial charge >= 0.3 is 0 Å². The lowest BCUT2D eigenvalue weighted by atomic mass is 10.1. The molecule has 0 aromatic heterocycles. The van der Waals surface area contributed by atoms with Gasteiger partial charge < -0.3 is 10.1 Å². The molecule has 158 valence electrons. The van der Waals surface area contributed by atoms with E-state index in [0.717, 1.165) is 5.56 Å². The monoisotopic (exact) mass is 525 g/mol. The third-order valence-corrected chi connectivity index (χ3v) is 5.79. The maximum absolute atomic E-state index is 12.5. The molecule has 0 radical (unpaired) electrons. The van der Waals surface area contributed by atoms with Crippen molar-refractivity contribution in [1.82, 2.24) is 0 Å². The molecular weight excluding hydrogens is 513 g/mol. The predicted molar refractivity (Wildman–Crippen MR) is 128 cm³/mol. The van der Waals surface area contributed by atoms with Crippen LogP contribution in [0.25, 0.3) is 6.08 Å². The number of nitriles is 2. The second-order valence-corrected chi connectivity index (χ2v) is 8.11. The number of hydrogen-bond acceptors (Lipinski definition) is 4. The van der Waals surface area contributed by atoms with Crippen LogP contribution < -0.4 is 10.1 Å². The number of rotatable bonds is 6. The van der Waals surface area contributed by atoms with Crippen LogP contribution in [-0.2, 0) is 11.4 Å². The van der Waals surface area contributed by atoms with Gasteiger partial charge in [0, 0.05) is 5.56 Å². The van der Waals surface area contributed by atoms with Crippen molar-refractivity contribution in [2.75, 3.05) is 5.32 Å². The van der Waals surface area contributed by atoms with E-state index in [0.29, 0.717) is 32.1 Å². The molecule has 0 saturated carbocycles. The lowest BCUT2D eigenvalue weighted by molar-refractivity contribution is -0.112. The Morgan fingerprint density at radius 2 is 1.88 bits per heavy atom. The van der Waals surface area contributed by atoms with E-state index in [9.17, 15) is 15.3 Å². The maximum Gasteiger partial charge on any atom is 0.266 e. The molecule has 3 rings (SSSR count). The Hall–Kier alpha value is -3.29. The maximum atomic E-state index is 12.5. The number of nitrogens with zero attached hydrogens (tertiary/aromatic N) is 2. The quantitative estimate of drug-likeness (QED) is 0.284. The van der Waals surface area contributed by atoms with E-state index in [2.05, 4.69) is 27.3 Å². The summed E-state index contributed by atoms with van der Waals surface area (Å²) in [5, 5.41) is 21.7. The summed E-state index contributed by atoms with van der Waals surface area (Å²) in [6.45, 7) is 0.226. The second-order valence-electron chi connectivity index (χ2n) is 6.47. The van der Waals surface area contributed by atoms with Gasteiger partial charge in [0.25, 0.3) is 5.91 Å². The highest BCUT2D eigenvalue weighted by atomic mass is 79.9. The van der Waals surface area contributed by atoms with E-state index < -0.39 is 5.91 Å². The number of carbonyl (C=O) groups excluding carboxylic acids is 1. The molecule has 0 heterocycles. The molecule has 0 aliphatic heterocycles. The van der Waals surface area contributed by atoms with Gasteiger partial charge in [0.05, 0.1) is 31.8 Å². The first kappa shape index (κ1) is 23.4. The van der Waals surface area contributed by atoms with Crippen molar-refractivity contribution in [1.29, 1.82) is 10.5 Å². The van der Waals surface area contributed by atoms with Crippen molar-refractivity contribution in [2.45, 2.75) is 6.61 Å². The fourth-order valence-corrected chi connectivity index (χ4v) is 3.60. The first-order valence-corrected chi connectivity index (χ1v) is 10.8. The molecule has 0 unspecified atom stereocenters. The summed E-state index contributed by atoms with van der Waals surface area (Å²) in [6, 6.07) is 21.2. The number of benzene rings is 3. The minimum atomic E-state index is -0.610. The lowest BCUT2D eigenvalue weighted by Crippen LogP contribution is -2.13. The summed E-state index contributed by atoms with van der Waals surface area (Å²) in [6.07, 6.45) is 1.45. The van der Waals surface area contributed by atoms with Crippen LogP contribution in [-0.4, -0.2) is 5.91 Å². The summed E-state index contributed by atoms with van der Waals surface area (Å²) in [7, 11) is 0. The molecule has 0 aliphatic carbocycles. The van der Waals surface area contributed by atoms with Crippen molar-refractivity contribution in [2.24, 2.45) is 0 Å². The van der Waals surface area contributed by atoms with Crippen molar-refractivity contribution in [3.63, 3.8) is 0 Å². The van der Waals surface area contributed by atoms with Gasteiger partial charge in [-0.3, -0.25) is 4.79 Å². The number of hydrogen-bond donors (Lipinski definition) is 1. The summed E-state index contributed by atoms with van der Waals surface area (Å²) >= 11 is 15.5. The molecule has 0 fully saturated rings. The zero-order chi connectivity index (χ0) is 23.1. The van der Waals surface area contributed by atoms with E-state index in [4.69, 9.17) is 27.9 Å². The SMILES string of the molecule is N#CC(=Cc1ccc(OCc2ccccc2C#N)c(Br)c1)C(=O)Nc1cccc(Cl)c1Cl.